The fourth-order valence-electron chi connectivity index (χ4n) is 2.19. The van der Waals surface area contributed by atoms with Gasteiger partial charge in [0, 0.05) is 12.6 Å². The van der Waals surface area contributed by atoms with E-state index in [4.69, 9.17) is 0 Å². The van der Waals surface area contributed by atoms with Crippen molar-refractivity contribution in [2.45, 2.75) is 32.7 Å². The molecule has 1 atom stereocenters. The molecule has 0 radical (unpaired) electrons. The molecular weight excluding hydrogens is 200 g/mol. The fraction of sp³-hybridized carbons (Fsp3) is 0.667. The molecule has 16 heavy (non-hydrogen) atoms. The summed E-state index contributed by atoms with van der Waals surface area (Å²) in [7, 11) is 0. The third kappa shape index (κ3) is 3.17. The summed E-state index contributed by atoms with van der Waals surface area (Å²) < 4.78 is 0. The van der Waals surface area contributed by atoms with Crippen LogP contribution in [0.4, 0.5) is 5.82 Å². The van der Waals surface area contributed by atoms with Crippen LogP contribution in [0.25, 0.3) is 0 Å². The first-order chi connectivity index (χ1) is 7.74. The second-order valence-corrected chi connectivity index (χ2v) is 4.67. The molecule has 1 aromatic rings. The molecule has 2 heterocycles. The predicted octanol–water partition coefficient (Wildman–Crippen LogP) is 1.68. The smallest absolute Gasteiger partial charge is 0.149 e. The van der Waals surface area contributed by atoms with Crippen LogP contribution in [0, 0.1) is 6.92 Å². The lowest BCUT2D eigenvalue weighted by Gasteiger charge is -2.21. The van der Waals surface area contributed by atoms with Gasteiger partial charge in [0.1, 0.15) is 5.82 Å². The molecule has 1 unspecified atom stereocenters. The maximum atomic E-state index is 4.07. The largest absolute Gasteiger partial charge is 0.365 e. The van der Waals surface area contributed by atoms with Gasteiger partial charge in [-0.3, -0.25) is 0 Å². The van der Waals surface area contributed by atoms with Crippen molar-refractivity contribution >= 4 is 5.82 Å². The number of likely N-dealkylation sites (tertiary alicyclic amines) is 1. The van der Waals surface area contributed by atoms with Gasteiger partial charge in [0.05, 0.1) is 6.20 Å². The van der Waals surface area contributed by atoms with E-state index in [1.807, 2.05) is 13.0 Å². The van der Waals surface area contributed by atoms with Crippen LogP contribution in [0.15, 0.2) is 12.3 Å². The van der Waals surface area contributed by atoms with Crippen LogP contribution in [0.3, 0.4) is 0 Å². The fourth-order valence-corrected chi connectivity index (χ4v) is 2.19. The zero-order chi connectivity index (χ0) is 11.4. The van der Waals surface area contributed by atoms with Gasteiger partial charge in [-0.1, -0.05) is 0 Å². The van der Waals surface area contributed by atoms with E-state index in [9.17, 15) is 0 Å². The number of aryl methyl sites for hydroxylation is 1. The van der Waals surface area contributed by atoms with E-state index < -0.39 is 0 Å². The molecule has 1 saturated heterocycles. The maximum absolute atomic E-state index is 4.07. The summed E-state index contributed by atoms with van der Waals surface area (Å²) in [6.07, 6.45) is 4.46. The van der Waals surface area contributed by atoms with Crippen molar-refractivity contribution in [3.05, 3.63) is 17.8 Å². The van der Waals surface area contributed by atoms with Gasteiger partial charge in [-0.05, 0) is 51.4 Å². The van der Waals surface area contributed by atoms with E-state index in [2.05, 4.69) is 27.3 Å². The lowest BCUT2D eigenvalue weighted by Crippen LogP contribution is -2.33. The van der Waals surface area contributed by atoms with Crippen LogP contribution < -0.4 is 5.32 Å². The molecule has 1 aliphatic rings. The summed E-state index contributed by atoms with van der Waals surface area (Å²) in [6.45, 7) is 7.81. The van der Waals surface area contributed by atoms with Crippen molar-refractivity contribution in [2.75, 3.05) is 25.0 Å². The second-order valence-electron chi connectivity index (χ2n) is 4.67. The van der Waals surface area contributed by atoms with E-state index in [-0.39, 0.29) is 0 Å². The molecule has 0 bridgehead atoms. The van der Waals surface area contributed by atoms with Gasteiger partial charge in [0.15, 0.2) is 0 Å². The highest BCUT2D eigenvalue weighted by atomic mass is 15.2. The van der Waals surface area contributed by atoms with Gasteiger partial charge in [-0.2, -0.15) is 5.10 Å². The molecule has 0 spiro atoms. The molecule has 0 saturated carbocycles. The SMILES string of the molecule is Cc1cnnc(NC(C)CN2CCCC2)c1. The summed E-state index contributed by atoms with van der Waals surface area (Å²) >= 11 is 0. The van der Waals surface area contributed by atoms with Crippen LogP contribution in [0.1, 0.15) is 25.3 Å². The zero-order valence-electron chi connectivity index (χ0n) is 10.1. The molecule has 0 amide bonds. The number of nitrogens with zero attached hydrogens (tertiary/aromatic N) is 3. The zero-order valence-corrected chi connectivity index (χ0v) is 10.1. The summed E-state index contributed by atoms with van der Waals surface area (Å²) in [6, 6.07) is 2.46. The number of aromatic nitrogens is 2. The van der Waals surface area contributed by atoms with Crippen LogP contribution >= 0.6 is 0 Å². The van der Waals surface area contributed by atoms with Crippen molar-refractivity contribution in [1.29, 1.82) is 0 Å². The normalized spacial score (nSPS) is 18.6. The number of rotatable bonds is 4. The van der Waals surface area contributed by atoms with Crippen molar-refractivity contribution in [1.82, 2.24) is 15.1 Å². The van der Waals surface area contributed by atoms with E-state index >= 15 is 0 Å². The van der Waals surface area contributed by atoms with E-state index in [0.29, 0.717) is 6.04 Å². The summed E-state index contributed by atoms with van der Waals surface area (Å²) in [5.74, 6) is 0.881. The first-order valence-electron chi connectivity index (χ1n) is 6.02. The van der Waals surface area contributed by atoms with E-state index in [1.54, 1.807) is 6.20 Å². The summed E-state index contributed by atoms with van der Waals surface area (Å²) in [5.41, 5.74) is 1.14. The Kier molecular flexibility index (Phi) is 3.72. The van der Waals surface area contributed by atoms with Crippen molar-refractivity contribution in [3.8, 4) is 0 Å². The van der Waals surface area contributed by atoms with Crippen LogP contribution in [0.5, 0.6) is 0 Å². The molecule has 1 aromatic heterocycles. The van der Waals surface area contributed by atoms with Gasteiger partial charge >= 0.3 is 0 Å². The number of anilines is 1. The Morgan fingerprint density at radius 1 is 1.44 bits per heavy atom. The minimum absolute atomic E-state index is 0.425. The van der Waals surface area contributed by atoms with Crippen molar-refractivity contribution in [3.63, 3.8) is 0 Å². The minimum atomic E-state index is 0.425. The maximum Gasteiger partial charge on any atom is 0.149 e. The van der Waals surface area contributed by atoms with Crippen LogP contribution in [0.2, 0.25) is 0 Å². The monoisotopic (exact) mass is 220 g/mol. The lowest BCUT2D eigenvalue weighted by atomic mass is 10.3. The Hall–Kier alpha value is -1.16. The highest BCUT2D eigenvalue weighted by Gasteiger charge is 2.14. The lowest BCUT2D eigenvalue weighted by molar-refractivity contribution is 0.327. The molecule has 0 aliphatic carbocycles. The van der Waals surface area contributed by atoms with Crippen LogP contribution in [-0.2, 0) is 0 Å². The third-order valence-corrected chi connectivity index (χ3v) is 2.92. The van der Waals surface area contributed by atoms with Gasteiger partial charge in [0.2, 0.25) is 0 Å². The molecule has 1 N–H and O–H groups in total. The highest BCUT2D eigenvalue weighted by Crippen LogP contribution is 2.10. The first kappa shape index (κ1) is 11.3. The Morgan fingerprint density at radius 2 is 2.19 bits per heavy atom. The number of hydrogen-bond acceptors (Lipinski definition) is 4. The molecule has 0 aromatic carbocycles. The molecule has 88 valence electrons. The van der Waals surface area contributed by atoms with Crippen molar-refractivity contribution in [2.24, 2.45) is 0 Å². The van der Waals surface area contributed by atoms with Gasteiger partial charge in [0.25, 0.3) is 0 Å². The van der Waals surface area contributed by atoms with Crippen molar-refractivity contribution < 1.29 is 0 Å². The standard InChI is InChI=1S/C12H20N4/c1-10-7-12(15-13-8-10)14-11(2)9-16-5-3-4-6-16/h7-8,11H,3-6,9H2,1-2H3,(H,14,15). The minimum Gasteiger partial charge on any atom is -0.365 e. The highest BCUT2D eigenvalue weighted by molar-refractivity contribution is 5.36. The average Bonchev–Trinajstić information content (AvgIpc) is 2.70. The third-order valence-electron chi connectivity index (χ3n) is 2.92. The van der Waals surface area contributed by atoms with Gasteiger partial charge in [-0.25, -0.2) is 0 Å². The Bertz CT molecular complexity index is 334. The van der Waals surface area contributed by atoms with Crippen LogP contribution in [-0.4, -0.2) is 40.8 Å². The Morgan fingerprint density at radius 3 is 2.88 bits per heavy atom. The van der Waals surface area contributed by atoms with Gasteiger partial charge < -0.3 is 10.2 Å². The molecule has 1 fully saturated rings. The summed E-state index contributed by atoms with van der Waals surface area (Å²) in [5, 5.41) is 11.4. The molecule has 2 rings (SSSR count). The van der Waals surface area contributed by atoms with E-state index in [1.165, 1.54) is 25.9 Å². The first-order valence-corrected chi connectivity index (χ1v) is 6.02. The molecule has 1 aliphatic heterocycles. The quantitative estimate of drug-likeness (QED) is 0.838. The van der Waals surface area contributed by atoms with E-state index in [0.717, 1.165) is 17.9 Å². The Balaban J connectivity index is 1.84. The topological polar surface area (TPSA) is 41.1 Å². The molecule has 4 nitrogen and oxygen atoms in total. The predicted molar refractivity (Wildman–Crippen MR) is 65.5 cm³/mol. The second kappa shape index (κ2) is 5.25. The number of nitrogens with one attached hydrogen (secondary N) is 1. The molecular formula is C12H20N4. The molecule has 4 heteroatoms. The average molecular weight is 220 g/mol. The summed E-state index contributed by atoms with van der Waals surface area (Å²) in [4.78, 5) is 2.50. The Labute approximate surface area is 97.1 Å². The number of hydrogen-bond donors (Lipinski definition) is 1. The van der Waals surface area contributed by atoms with Gasteiger partial charge in [-0.15, -0.1) is 5.10 Å².